The van der Waals surface area contributed by atoms with Crippen molar-refractivity contribution in [2.45, 2.75) is 6.61 Å². The average Bonchev–Trinajstić information content (AvgIpc) is 2.75. The summed E-state index contributed by atoms with van der Waals surface area (Å²) in [5, 5.41) is 17.0. The molecule has 0 aliphatic carbocycles. The highest BCUT2D eigenvalue weighted by Crippen LogP contribution is 2.13. The molecule has 5 nitrogen and oxygen atoms in total. The van der Waals surface area contributed by atoms with Gasteiger partial charge in [-0.3, -0.25) is 5.10 Å². The Morgan fingerprint density at radius 3 is 3.08 bits per heavy atom. The summed E-state index contributed by atoms with van der Waals surface area (Å²) in [5.74, 6) is 0.985. The van der Waals surface area contributed by atoms with E-state index >= 15 is 0 Å². The number of nitrogens with zero attached hydrogens (tertiary/aromatic N) is 3. The van der Waals surface area contributed by atoms with Crippen LogP contribution < -0.4 is 0 Å². The third-order valence-electron chi connectivity index (χ3n) is 1.34. The first-order chi connectivity index (χ1) is 5.90. The van der Waals surface area contributed by atoms with Crippen molar-refractivity contribution in [3.8, 4) is 11.5 Å². The van der Waals surface area contributed by atoms with Gasteiger partial charge >= 0.3 is 0 Å². The molecule has 0 saturated heterocycles. The average molecular weight is 182 g/mol. The summed E-state index contributed by atoms with van der Waals surface area (Å²) in [7, 11) is 0. The van der Waals surface area contributed by atoms with Gasteiger partial charge in [0, 0.05) is 5.38 Å². The molecule has 2 aromatic heterocycles. The number of aliphatic hydroxyl groups excluding tert-OH is 1. The van der Waals surface area contributed by atoms with Gasteiger partial charge in [-0.2, -0.15) is 5.10 Å². The Morgan fingerprint density at radius 1 is 1.58 bits per heavy atom. The second kappa shape index (κ2) is 3.00. The van der Waals surface area contributed by atoms with E-state index in [1.807, 2.05) is 5.38 Å². The number of H-pyrrole nitrogens is 1. The third-order valence-corrected chi connectivity index (χ3v) is 1.93. The monoisotopic (exact) mass is 182 g/mol. The maximum absolute atomic E-state index is 8.70. The number of aromatic nitrogens is 4. The van der Waals surface area contributed by atoms with Gasteiger partial charge < -0.3 is 5.11 Å². The van der Waals surface area contributed by atoms with Gasteiger partial charge in [-0.05, 0) is 0 Å². The minimum Gasteiger partial charge on any atom is -0.388 e. The largest absolute Gasteiger partial charge is 0.388 e. The molecule has 0 bridgehead atoms. The summed E-state index contributed by atoms with van der Waals surface area (Å²) in [6, 6.07) is 0. The fourth-order valence-corrected chi connectivity index (χ4v) is 1.33. The van der Waals surface area contributed by atoms with E-state index in [1.165, 1.54) is 11.3 Å². The summed E-state index contributed by atoms with van der Waals surface area (Å²) in [6.45, 7) is -0.128. The first-order valence-electron chi connectivity index (χ1n) is 3.31. The van der Waals surface area contributed by atoms with E-state index in [4.69, 9.17) is 5.11 Å². The van der Waals surface area contributed by atoms with Crippen LogP contribution in [0.2, 0.25) is 0 Å². The van der Waals surface area contributed by atoms with Crippen LogP contribution in [0.15, 0.2) is 10.9 Å². The molecule has 0 unspecified atom stereocenters. The topological polar surface area (TPSA) is 74.7 Å². The van der Waals surface area contributed by atoms with Gasteiger partial charge in [-0.15, -0.1) is 11.3 Å². The Morgan fingerprint density at radius 2 is 2.50 bits per heavy atom. The molecule has 12 heavy (non-hydrogen) atoms. The fourth-order valence-electron chi connectivity index (χ4n) is 0.804. The molecule has 0 amide bonds. The molecule has 2 aromatic rings. The van der Waals surface area contributed by atoms with Crippen LogP contribution in [-0.4, -0.2) is 25.3 Å². The molecule has 6 heteroatoms. The van der Waals surface area contributed by atoms with Crippen molar-refractivity contribution in [3.05, 3.63) is 16.7 Å². The van der Waals surface area contributed by atoms with E-state index in [-0.39, 0.29) is 6.61 Å². The first-order valence-corrected chi connectivity index (χ1v) is 4.25. The van der Waals surface area contributed by atoms with E-state index in [2.05, 4.69) is 20.2 Å². The number of rotatable bonds is 2. The first kappa shape index (κ1) is 7.38. The number of hydrogen-bond donors (Lipinski definition) is 2. The molecule has 0 fully saturated rings. The smallest absolute Gasteiger partial charge is 0.200 e. The maximum atomic E-state index is 8.70. The Labute approximate surface area is 72.1 Å². The highest BCUT2D eigenvalue weighted by atomic mass is 32.1. The van der Waals surface area contributed by atoms with Crippen LogP contribution in [0.1, 0.15) is 5.82 Å². The molecule has 62 valence electrons. The van der Waals surface area contributed by atoms with Crippen molar-refractivity contribution >= 4 is 11.3 Å². The predicted molar refractivity (Wildman–Crippen MR) is 43.4 cm³/mol. The van der Waals surface area contributed by atoms with E-state index in [1.54, 1.807) is 5.51 Å². The minimum absolute atomic E-state index is 0.128. The van der Waals surface area contributed by atoms with Crippen LogP contribution in [0.5, 0.6) is 0 Å². The lowest BCUT2D eigenvalue weighted by molar-refractivity contribution is 0.272. The summed E-state index contributed by atoms with van der Waals surface area (Å²) < 4.78 is 0. The number of thiazole rings is 1. The van der Waals surface area contributed by atoms with Crippen LogP contribution in [0, 0.1) is 0 Å². The van der Waals surface area contributed by atoms with Crippen LogP contribution >= 0.6 is 11.3 Å². The van der Waals surface area contributed by atoms with E-state index in [0.717, 1.165) is 5.69 Å². The van der Waals surface area contributed by atoms with Crippen molar-refractivity contribution in [2.24, 2.45) is 0 Å². The third kappa shape index (κ3) is 1.21. The summed E-state index contributed by atoms with van der Waals surface area (Å²) in [4.78, 5) is 8.02. The SMILES string of the molecule is OCc1nc(-c2cscn2)n[nH]1. The summed E-state index contributed by atoms with van der Waals surface area (Å²) >= 11 is 1.48. The van der Waals surface area contributed by atoms with Gasteiger partial charge in [0.15, 0.2) is 5.82 Å². The van der Waals surface area contributed by atoms with Crippen LogP contribution in [-0.2, 0) is 6.61 Å². The van der Waals surface area contributed by atoms with Crippen LogP contribution in [0.3, 0.4) is 0 Å². The van der Waals surface area contributed by atoms with Gasteiger partial charge in [0.05, 0.1) is 5.51 Å². The second-order valence-electron chi connectivity index (χ2n) is 2.14. The van der Waals surface area contributed by atoms with Crippen molar-refractivity contribution < 1.29 is 5.11 Å². The summed E-state index contributed by atoms with van der Waals surface area (Å²) in [6.07, 6.45) is 0. The lowest BCUT2D eigenvalue weighted by Gasteiger charge is -1.82. The number of aliphatic hydroxyl groups is 1. The molecule has 2 heterocycles. The lowest BCUT2D eigenvalue weighted by atomic mass is 10.5. The van der Waals surface area contributed by atoms with Gasteiger partial charge in [-0.25, -0.2) is 9.97 Å². The van der Waals surface area contributed by atoms with Crippen LogP contribution in [0.4, 0.5) is 0 Å². The maximum Gasteiger partial charge on any atom is 0.200 e. The molecule has 0 saturated carbocycles. The minimum atomic E-state index is -0.128. The van der Waals surface area contributed by atoms with Crippen molar-refractivity contribution in [2.75, 3.05) is 0 Å². The Hall–Kier alpha value is -1.27. The zero-order valence-electron chi connectivity index (χ0n) is 6.06. The molecule has 0 radical (unpaired) electrons. The van der Waals surface area contributed by atoms with E-state index in [0.29, 0.717) is 11.6 Å². The fraction of sp³-hybridized carbons (Fsp3) is 0.167. The van der Waals surface area contributed by atoms with Gasteiger partial charge in [0.1, 0.15) is 12.3 Å². The highest BCUT2D eigenvalue weighted by Gasteiger charge is 2.05. The van der Waals surface area contributed by atoms with Gasteiger partial charge in [-0.1, -0.05) is 0 Å². The lowest BCUT2D eigenvalue weighted by Crippen LogP contribution is -1.84. The molecular formula is C6H6N4OS. The molecule has 2 N–H and O–H groups in total. The Kier molecular flexibility index (Phi) is 1.84. The Balaban J connectivity index is 2.35. The quantitative estimate of drug-likeness (QED) is 0.705. The van der Waals surface area contributed by atoms with Crippen molar-refractivity contribution in [1.29, 1.82) is 0 Å². The predicted octanol–water partition coefficient (Wildman–Crippen LogP) is 0.421. The molecule has 0 aliphatic rings. The van der Waals surface area contributed by atoms with Crippen LogP contribution in [0.25, 0.3) is 11.5 Å². The molecule has 0 aliphatic heterocycles. The Bertz CT molecular complexity index is 355. The van der Waals surface area contributed by atoms with E-state index < -0.39 is 0 Å². The zero-order valence-corrected chi connectivity index (χ0v) is 6.88. The molecule has 2 rings (SSSR count). The van der Waals surface area contributed by atoms with E-state index in [9.17, 15) is 0 Å². The van der Waals surface area contributed by atoms with Crippen molar-refractivity contribution in [1.82, 2.24) is 20.2 Å². The summed E-state index contributed by atoms with van der Waals surface area (Å²) in [5.41, 5.74) is 2.44. The molecular weight excluding hydrogens is 176 g/mol. The highest BCUT2D eigenvalue weighted by molar-refractivity contribution is 7.07. The molecule has 0 aromatic carbocycles. The number of aromatic amines is 1. The van der Waals surface area contributed by atoms with Gasteiger partial charge in [0.25, 0.3) is 0 Å². The molecule has 0 atom stereocenters. The normalized spacial score (nSPS) is 10.4. The molecule has 0 spiro atoms. The number of hydrogen-bond acceptors (Lipinski definition) is 5. The van der Waals surface area contributed by atoms with Crippen molar-refractivity contribution in [3.63, 3.8) is 0 Å². The zero-order chi connectivity index (χ0) is 8.39. The number of nitrogens with one attached hydrogen (secondary N) is 1. The second-order valence-corrected chi connectivity index (χ2v) is 2.86. The van der Waals surface area contributed by atoms with Gasteiger partial charge in [0.2, 0.25) is 5.82 Å². The standard InChI is InChI=1S/C6H6N4OS/c11-1-5-8-6(10-9-5)4-2-12-3-7-4/h2-3,11H,1H2,(H,8,9,10).